The first-order chi connectivity index (χ1) is 7.65. The normalized spacial score (nSPS) is 21.2. The number of hydrogen-bond acceptors (Lipinski definition) is 3. The molecule has 0 radical (unpaired) electrons. The van der Waals surface area contributed by atoms with Crippen LogP contribution in [0.1, 0.15) is 32.1 Å². The van der Waals surface area contributed by atoms with Crippen LogP contribution in [0.4, 0.5) is 0 Å². The predicted molar refractivity (Wildman–Crippen MR) is 57.9 cm³/mol. The van der Waals surface area contributed by atoms with Gasteiger partial charge in [0.1, 0.15) is 0 Å². The van der Waals surface area contributed by atoms with Gasteiger partial charge >= 0.3 is 5.97 Å². The van der Waals surface area contributed by atoms with Crippen LogP contribution in [0, 0.1) is 5.92 Å². The SMILES string of the molecule is O=C(O)C1CCC(=O)N(CCCCCO)C1. The fourth-order valence-electron chi connectivity index (χ4n) is 1.92. The van der Waals surface area contributed by atoms with E-state index in [4.69, 9.17) is 10.2 Å². The number of carbonyl (C=O) groups excluding carboxylic acids is 1. The first-order valence-electron chi connectivity index (χ1n) is 5.76. The van der Waals surface area contributed by atoms with Crippen molar-refractivity contribution in [2.45, 2.75) is 32.1 Å². The predicted octanol–water partition coefficient (Wildman–Crippen LogP) is 0.472. The van der Waals surface area contributed by atoms with Crippen molar-refractivity contribution in [3.63, 3.8) is 0 Å². The van der Waals surface area contributed by atoms with E-state index in [-0.39, 0.29) is 12.5 Å². The number of carboxylic acids is 1. The first-order valence-corrected chi connectivity index (χ1v) is 5.76. The second-order valence-corrected chi connectivity index (χ2v) is 4.20. The Morgan fingerprint density at radius 2 is 2.12 bits per heavy atom. The molecule has 0 spiro atoms. The smallest absolute Gasteiger partial charge is 0.308 e. The van der Waals surface area contributed by atoms with Gasteiger partial charge in [-0.25, -0.2) is 0 Å². The van der Waals surface area contributed by atoms with E-state index in [2.05, 4.69) is 0 Å². The molecular weight excluding hydrogens is 210 g/mol. The highest BCUT2D eigenvalue weighted by Crippen LogP contribution is 2.18. The fourth-order valence-corrected chi connectivity index (χ4v) is 1.92. The third kappa shape index (κ3) is 3.81. The maximum Gasteiger partial charge on any atom is 0.308 e. The molecule has 0 aromatic heterocycles. The fraction of sp³-hybridized carbons (Fsp3) is 0.818. The Bertz CT molecular complexity index is 254. The molecule has 0 bridgehead atoms. The zero-order chi connectivity index (χ0) is 12.0. The monoisotopic (exact) mass is 229 g/mol. The number of aliphatic hydroxyl groups is 1. The van der Waals surface area contributed by atoms with Crippen LogP contribution in [0.2, 0.25) is 0 Å². The van der Waals surface area contributed by atoms with Crippen LogP contribution in [0.15, 0.2) is 0 Å². The van der Waals surface area contributed by atoms with Gasteiger partial charge < -0.3 is 15.1 Å². The number of hydrogen-bond donors (Lipinski definition) is 2. The molecule has 1 aliphatic heterocycles. The number of likely N-dealkylation sites (tertiary alicyclic amines) is 1. The number of piperidine rings is 1. The molecule has 2 N–H and O–H groups in total. The molecule has 0 aromatic rings. The summed E-state index contributed by atoms with van der Waals surface area (Å²) in [6, 6.07) is 0. The Kier molecular flexibility index (Phi) is 5.25. The van der Waals surface area contributed by atoms with Crippen molar-refractivity contribution in [1.82, 2.24) is 4.90 Å². The molecular formula is C11H19NO4. The summed E-state index contributed by atoms with van der Waals surface area (Å²) in [5, 5.41) is 17.5. The summed E-state index contributed by atoms with van der Waals surface area (Å²) < 4.78 is 0. The number of unbranched alkanes of at least 4 members (excludes halogenated alkanes) is 2. The van der Waals surface area contributed by atoms with Gasteiger partial charge in [0.25, 0.3) is 0 Å². The van der Waals surface area contributed by atoms with Crippen LogP contribution in [0.3, 0.4) is 0 Å². The molecule has 0 aromatic carbocycles. The lowest BCUT2D eigenvalue weighted by atomic mass is 9.97. The van der Waals surface area contributed by atoms with E-state index in [9.17, 15) is 9.59 Å². The number of rotatable bonds is 6. The molecule has 1 aliphatic rings. The van der Waals surface area contributed by atoms with Crippen molar-refractivity contribution in [1.29, 1.82) is 0 Å². The minimum atomic E-state index is -0.812. The quantitative estimate of drug-likeness (QED) is 0.649. The van der Waals surface area contributed by atoms with Crippen LogP contribution in [-0.4, -0.2) is 46.7 Å². The molecule has 1 atom stereocenters. The van der Waals surface area contributed by atoms with Crippen LogP contribution >= 0.6 is 0 Å². The van der Waals surface area contributed by atoms with Gasteiger partial charge in [-0.2, -0.15) is 0 Å². The first kappa shape index (κ1) is 13.0. The van der Waals surface area contributed by atoms with Crippen molar-refractivity contribution in [3.05, 3.63) is 0 Å². The Labute approximate surface area is 95.1 Å². The molecule has 5 nitrogen and oxygen atoms in total. The van der Waals surface area contributed by atoms with Gasteiger partial charge in [-0.1, -0.05) is 0 Å². The Hall–Kier alpha value is -1.10. The lowest BCUT2D eigenvalue weighted by Crippen LogP contribution is -2.42. The molecule has 0 aliphatic carbocycles. The molecule has 1 unspecified atom stereocenters. The number of aliphatic hydroxyl groups excluding tert-OH is 1. The Morgan fingerprint density at radius 3 is 2.75 bits per heavy atom. The van der Waals surface area contributed by atoms with Gasteiger partial charge in [0.05, 0.1) is 5.92 Å². The van der Waals surface area contributed by atoms with Gasteiger partial charge in [0.15, 0.2) is 0 Å². The van der Waals surface area contributed by atoms with Crippen molar-refractivity contribution < 1.29 is 19.8 Å². The minimum absolute atomic E-state index is 0.0569. The largest absolute Gasteiger partial charge is 0.481 e. The van der Waals surface area contributed by atoms with Crippen molar-refractivity contribution in [3.8, 4) is 0 Å². The van der Waals surface area contributed by atoms with Gasteiger partial charge in [0, 0.05) is 26.1 Å². The number of amides is 1. The Morgan fingerprint density at radius 1 is 1.38 bits per heavy atom. The third-order valence-electron chi connectivity index (χ3n) is 2.94. The third-order valence-corrected chi connectivity index (χ3v) is 2.94. The van der Waals surface area contributed by atoms with Crippen molar-refractivity contribution in [2.24, 2.45) is 5.92 Å². The second kappa shape index (κ2) is 6.48. The summed E-state index contributed by atoms with van der Waals surface area (Å²) in [5.74, 6) is -1.16. The van der Waals surface area contributed by atoms with Crippen LogP contribution < -0.4 is 0 Å². The van der Waals surface area contributed by atoms with Gasteiger partial charge in [-0.15, -0.1) is 0 Å². The molecule has 1 amide bonds. The van der Waals surface area contributed by atoms with E-state index >= 15 is 0 Å². The maximum absolute atomic E-state index is 11.5. The lowest BCUT2D eigenvalue weighted by Gasteiger charge is -2.30. The van der Waals surface area contributed by atoms with Crippen molar-refractivity contribution in [2.75, 3.05) is 19.7 Å². The van der Waals surface area contributed by atoms with Crippen LogP contribution in [0.5, 0.6) is 0 Å². The summed E-state index contributed by atoms with van der Waals surface area (Å²) in [6.45, 7) is 1.13. The zero-order valence-electron chi connectivity index (χ0n) is 9.39. The molecule has 92 valence electrons. The summed E-state index contributed by atoms with van der Waals surface area (Å²) >= 11 is 0. The second-order valence-electron chi connectivity index (χ2n) is 4.20. The molecule has 0 saturated carbocycles. The zero-order valence-corrected chi connectivity index (χ0v) is 9.39. The average molecular weight is 229 g/mol. The van der Waals surface area contributed by atoms with Crippen LogP contribution in [0.25, 0.3) is 0 Å². The van der Waals surface area contributed by atoms with E-state index in [1.807, 2.05) is 0 Å². The van der Waals surface area contributed by atoms with E-state index in [0.29, 0.717) is 25.9 Å². The van der Waals surface area contributed by atoms with Crippen molar-refractivity contribution >= 4 is 11.9 Å². The highest BCUT2D eigenvalue weighted by Gasteiger charge is 2.29. The van der Waals surface area contributed by atoms with Gasteiger partial charge in [-0.3, -0.25) is 9.59 Å². The summed E-state index contributed by atoms with van der Waals surface area (Å²) in [4.78, 5) is 24.0. The molecule has 1 fully saturated rings. The van der Waals surface area contributed by atoms with Gasteiger partial charge in [-0.05, 0) is 25.7 Å². The van der Waals surface area contributed by atoms with E-state index in [1.165, 1.54) is 0 Å². The molecule has 1 heterocycles. The summed E-state index contributed by atoms with van der Waals surface area (Å²) in [6.07, 6.45) is 3.25. The highest BCUT2D eigenvalue weighted by molar-refractivity contribution is 5.80. The van der Waals surface area contributed by atoms with Gasteiger partial charge in [0.2, 0.25) is 5.91 Å². The van der Waals surface area contributed by atoms with E-state index < -0.39 is 11.9 Å². The topological polar surface area (TPSA) is 77.8 Å². The summed E-state index contributed by atoms with van der Waals surface area (Å²) in [5.41, 5.74) is 0. The molecule has 5 heteroatoms. The average Bonchev–Trinajstić information content (AvgIpc) is 2.26. The minimum Gasteiger partial charge on any atom is -0.481 e. The number of aliphatic carboxylic acids is 1. The Balaban J connectivity index is 2.32. The lowest BCUT2D eigenvalue weighted by molar-refractivity contribution is -0.147. The van der Waals surface area contributed by atoms with Crippen LogP contribution in [-0.2, 0) is 9.59 Å². The standard InChI is InChI=1S/C11H19NO4/c13-7-3-1-2-6-12-8-9(11(15)16)4-5-10(12)14/h9,13H,1-8H2,(H,15,16). The number of nitrogens with zero attached hydrogens (tertiary/aromatic N) is 1. The molecule has 1 rings (SSSR count). The summed E-state index contributed by atoms with van der Waals surface area (Å²) in [7, 11) is 0. The molecule has 1 saturated heterocycles. The van der Waals surface area contributed by atoms with E-state index in [1.54, 1.807) is 4.90 Å². The molecule has 16 heavy (non-hydrogen) atoms. The highest BCUT2D eigenvalue weighted by atomic mass is 16.4. The van der Waals surface area contributed by atoms with E-state index in [0.717, 1.165) is 19.3 Å². The number of carbonyl (C=O) groups is 2. The maximum atomic E-state index is 11.5. The number of carboxylic acid groups (broad SMARTS) is 1.